The molecule has 0 amide bonds. The molecule has 0 N–H and O–H groups in total. The molecule has 0 aromatic rings. The van der Waals surface area contributed by atoms with E-state index in [4.69, 9.17) is 0 Å². The third kappa shape index (κ3) is 4.96. The Hall–Kier alpha value is 1.10. The Labute approximate surface area is 61.1 Å². The summed E-state index contributed by atoms with van der Waals surface area (Å²) in [5.41, 5.74) is 0.210. The van der Waals surface area contributed by atoms with Gasteiger partial charge in [-0.05, 0) is 0 Å². The maximum atomic E-state index is 2.32. The molecule has 0 bridgehead atoms. The van der Waals surface area contributed by atoms with Crippen molar-refractivity contribution in [2.24, 2.45) is 0 Å². The summed E-state index contributed by atoms with van der Waals surface area (Å²) in [5.74, 6) is 0. The van der Waals surface area contributed by atoms with Gasteiger partial charge in [0.1, 0.15) is 0 Å². The van der Waals surface area contributed by atoms with Crippen LogP contribution in [-0.2, 0) is 23.3 Å². The average molecular weight is 191 g/mol. The van der Waals surface area contributed by atoms with E-state index < -0.39 is 0 Å². The van der Waals surface area contributed by atoms with Crippen LogP contribution < -0.4 is 0 Å². The molecule has 7 heavy (non-hydrogen) atoms. The molecule has 0 nitrogen and oxygen atoms in total. The molecule has 0 saturated heterocycles. The molecule has 2 heteroatoms. The molecule has 0 aliphatic carbocycles. The van der Waals surface area contributed by atoms with Crippen molar-refractivity contribution in [3.05, 3.63) is 0 Å². The van der Waals surface area contributed by atoms with E-state index in [1.165, 1.54) is 12.5 Å². The summed E-state index contributed by atoms with van der Waals surface area (Å²) in [6.07, 6.45) is 1.41. The molecule has 0 aliphatic heterocycles. The van der Waals surface area contributed by atoms with E-state index in [1.807, 2.05) is 23.3 Å². The van der Waals surface area contributed by atoms with Gasteiger partial charge in [-0.2, -0.15) is 0 Å². The van der Waals surface area contributed by atoms with Gasteiger partial charge in [0.05, 0.1) is 0 Å². The monoisotopic (exact) mass is 190 g/mol. The maximum absolute atomic E-state index is 2.32. The van der Waals surface area contributed by atoms with Crippen LogP contribution in [0.25, 0.3) is 0 Å². The zero-order valence-electron chi connectivity index (χ0n) is 5.12. The van der Waals surface area contributed by atoms with Crippen molar-refractivity contribution in [1.29, 1.82) is 0 Å². The summed E-state index contributed by atoms with van der Waals surface area (Å²) >= 11 is 1.82. The van der Waals surface area contributed by atoms with Crippen molar-refractivity contribution in [2.45, 2.75) is 32.4 Å². The normalized spacial score (nSPS) is 8.71. The van der Waals surface area contributed by atoms with Crippen molar-refractivity contribution in [2.75, 3.05) is 0 Å². The topological polar surface area (TPSA) is 0 Å². The fraction of sp³-hybridized carbons (Fsp3) is 1.00. The number of hydrogen-bond acceptors (Lipinski definition) is 0. The first-order valence-electron chi connectivity index (χ1n) is 2.87. The predicted octanol–water partition coefficient (Wildman–Crippen LogP) is 1.95. The second-order valence-electron chi connectivity index (χ2n) is 1.71. The van der Waals surface area contributed by atoms with Crippen molar-refractivity contribution in [1.82, 2.24) is 0 Å². The molecule has 0 aliphatic rings. The van der Waals surface area contributed by atoms with Crippen LogP contribution in [0, 0.1) is 0 Å². The second-order valence-corrected chi connectivity index (χ2v) is 9.34. The Kier molecular flexibility index (Phi) is 6.06. The molecule has 0 fully saturated rings. The Morgan fingerprint density at radius 2 is 2.00 bits per heavy atom. The molecule has 0 atom stereocenters. The molecule has 0 spiro atoms. The molecule has 0 saturated carbocycles. The molecule has 0 unspecified atom stereocenters. The van der Waals surface area contributed by atoms with E-state index in [0.29, 0.717) is 0 Å². The van der Waals surface area contributed by atoms with E-state index in [-0.39, 0.29) is 5.43 Å². The predicted molar refractivity (Wildman–Crippen MR) is 31.3 cm³/mol. The Bertz CT molecular complexity index is 61.1. The minimum absolute atomic E-state index is 0.210. The zero-order chi connectivity index (χ0) is 5.70. The van der Waals surface area contributed by atoms with E-state index in [2.05, 4.69) is 13.8 Å². The van der Waals surface area contributed by atoms with Gasteiger partial charge in [-0.25, -0.2) is 0 Å². The van der Waals surface area contributed by atoms with Crippen LogP contribution in [0.4, 0.5) is 0 Å². The van der Waals surface area contributed by atoms with E-state index in [0.717, 1.165) is 0 Å². The fourth-order valence-corrected chi connectivity index (χ4v) is 3.28. The summed E-state index contributed by atoms with van der Waals surface area (Å²) in [6.45, 7) is 4.60. The van der Waals surface area contributed by atoms with Crippen LogP contribution in [0.1, 0.15) is 20.3 Å². The van der Waals surface area contributed by atoms with Crippen LogP contribution in [0.2, 0.25) is 12.1 Å². The molecular weight excluding hydrogens is 179 g/mol. The summed E-state index contributed by atoms with van der Waals surface area (Å²) in [4.78, 5) is 0. The molecular formula is C5H12SiZr. The van der Waals surface area contributed by atoms with E-state index in [9.17, 15) is 0 Å². The van der Waals surface area contributed by atoms with Gasteiger partial charge in [-0.3, -0.25) is 0 Å². The van der Waals surface area contributed by atoms with Gasteiger partial charge in [0.15, 0.2) is 0 Å². The minimum atomic E-state index is 0.210. The Morgan fingerprint density at radius 3 is 2.14 bits per heavy atom. The molecule has 0 rings (SSSR count). The summed E-state index contributed by atoms with van der Waals surface area (Å²) in [6, 6.07) is 3.02. The van der Waals surface area contributed by atoms with Gasteiger partial charge >= 0.3 is 61.1 Å². The number of hydrogen-bond donors (Lipinski definition) is 0. The van der Waals surface area contributed by atoms with Crippen LogP contribution >= 0.6 is 0 Å². The average Bonchev–Trinajstić information content (AvgIpc) is 1.68. The van der Waals surface area contributed by atoms with Gasteiger partial charge in [0, 0.05) is 0 Å². The van der Waals surface area contributed by atoms with Crippen molar-refractivity contribution >= 4 is 5.43 Å². The fourth-order valence-electron chi connectivity index (χ4n) is 0.479. The SMILES string of the molecule is CCC[Si](=[Zr])CC. The Balaban J connectivity index is 3.00. The van der Waals surface area contributed by atoms with Crippen LogP contribution in [-0.4, -0.2) is 5.43 Å². The van der Waals surface area contributed by atoms with Crippen LogP contribution in [0.5, 0.6) is 0 Å². The summed E-state index contributed by atoms with van der Waals surface area (Å²) in [5, 5.41) is 0. The summed E-state index contributed by atoms with van der Waals surface area (Å²) in [7, 11) is 0. The van der Waals surface area contributed by atoms with Gasteiger partial charge < -0.3 is 0 Å². The zero-order valence-corrected chi connectivity index (χ0v) is 8.58. The molecule has 40 valence electrons. The first-order valence-corrected chi connectivity index (χ1v) is 8.47. The summed E-state index contributed by atoms with van der Waals surface area (Å²) < 4.78 is 0. The van der Waals surface area contributed by atoms with Gasteiger partial charge in [0.2, 0.25) is 0 Å². The molecule has 0 aromatic carbocycles. The van der Waals surface area contributed by atoms with Crippen LogP contribution in [0.3, 0.4) is 0 Å². The van der Waals surface area contributed by atoms with E-state index >= 15 is 0 Å². The van der Waals surface area contributed by atoms with Gasteiger partial charge in [-0.1, -0.05) is 0 Å². The van der Waals surface area contributed by atoms with Gasteiger partial charge in [0.25, 0.3) is 0 Å². The van der Waals surface area contributed by atoms with Crippen molar-refractivity contribution < 1.29 is 23.3 Å². The number of rotatable bonds is 3. The first-order chi connectivity index (χ1) is 3.31. The third-order valence-electron chi connectivity index (χ3n) is 0.979. The standard InChI is InChI=1S/C5H12Si.Zr/c1-3-5-6-4-2;/h3-5H2,1-2H3;. The van der Waals surface area contributed by atoms with E-state index in [1.54, 1.807) is 6.04 Å². The second kappa shape index (κ2) is 5.24. The first kappa shape index (κ1) is 8.10. The third-order valence-corrected chi connectivity index (χ3v) is 7.39. The van der Waals surface area contributed by atoms with Crippen LogP contribution in [0.15, 0.2) is 0 Å². The molecule has 0 heterocycles. The Morgan fingerprint density at radius 1 is 1.43 bits per heavy atom. The van der Waals surface area contributed by atoms with Crippen molar-refractivity contribution in [3.63, 3.8) is 0 Å². The van der Waals surface area contributed by atoms with Gasteiger partial charge in [-0.15, -0.1) is 0 Å². The van der Waals surface area contributed by atoms with Crippen molar-refractivity contribution in [3.8, 4) is 0 Å². The molecule has 0 radical (unpaired) electrons. The quantitative estimate of drug-likeness (QED) is 0.598. The molecule has 0 aromatic heterocycles.